The van der Waals surface area contributed by atoms with E-state index in [1.165, 1.54) is 0 Å². The van der Waals surface area contributed by atoms with Gasteiger partial charge in [-0.2, -0.15) is 0 Å². The Hall–Kier alpha value is -0.440. The van der Waals surface area contributed by atoms with Gasteiger partial charge in [-0.1, -0.05) is 51.9 Å². The maximum absolute atomic E-state index is 12.4. The minimum Gasteiger partial charge on any atom is -0.489 e. The van der Waals surface area contributed by atoms with Crippen molar-refractivity contribution in [2.75, 3.05) is 44.8 Å². The number of alkyl halides is 1. The minimum atomic E-state index is -0.0881. The van der Waals surface area contributed by atoms with Crippen LogP contribution < -0.4 is 10.1 Å². The van der Waals surface area contributed by atoms with E-state index < -0.39 is 0 Å². The Morgan fingerprint density at radius 1 is 1.29 bits per heavy atom. The van der Waals surface area contributed by atoms with Crippen molar-refractivity contribution in [2.24, 2.45) is 0 Å². The van der Waals surface area contributed by atoms with Crippen molar-refractivity contribution in [3.8, 4) is 5.75 Å². The van der Waals surface area contributed by atoms with E-state index in [4.69, 9.17) is 27.9 Å². The lowest BCUT2D eigenvalue weighted by atomic mass is 10.3. The number of ether oxygens (including phenoxy) is 1. The number of carbonyl (C=O) groups is 1. The highest BCUT2D eigenvalue weighted by Gasteiger charge is 2.19. The first-order valence-corrected chi connectivity index (χ1v) is 9.97. The van der Waals surface area contributed by atoms with Gasteiger partial charge in [0.2, 0.25) is 0 Å². The molecule has 1 rings (SSSR count). The van der Waals surface area contributed by atoms with Crippen LogP contribution >= 0.6 is 45.8 Å². The predicted octanol–water partition coefficient (Wildman–Crippen LogP) is 3.77. The zero-order valence-electron chi connectivity index (χ0n) is 14.2. The molecule has 0 aromatic heterocycles. The lowest BCUT2D eigenvalue weighted by Gasteiger charge is -2.28. The second-order valence-corrected chi connectivity index (χ2v) is 7.33. The van der Waals surface area contributed by atoms with Crippen molar-refractivity contribution < 1.29 is 9.53 Å². The first kappa shape index (κ1) is 21.6. The number of hydrogen-bond acceptors (Lipinski definition) is 3. The van der Waals surface area contributed by atoms with Crippen LogP contribution in [0.4, 0.5) is 4.79 Å². The molecule has 0 bridgehead atoms. The lowest BCUT2D eigenvalue weighted by molar-refractivity contribution is 0.167. The number of benzene rings is 1. The zero-order valence-corrected chi connectivity index (χ0v) is 17.9. The quantitative estimate of drug-likeness (QED) is 0.426. The van der Waals surface area contributed by atoms with E-state index in [0.29, 0.717) is 35.5 Å². The number of urea groups is 1. The number of nitrogens with zero attached hydrogens (tertiary/aromatic N) is 2. The van der Waals surface area contributed by atoms with Crippen LogP contribution in [0.2, 0.25) is 10.0 Å². The summed E-state index contributed by atoms with van der Waals surface area (Å²) in [5, 5.41) is 3.86. The molecule has 1 unspecified atom stereocenters. The van der Waals surface area contributed by atoms with Crippen LogP contribution in [-0.4, -0.2) is 66.6 Å². The fraction of sp³-hybridized carbons (Fsp3) is 0.562. The van der Waals surface area contributed by atoms with Crippen LogP contribution in [0.5, 0.6) is 5.75 Å². The monoisotopic (exact) mass is 487 g/mol. The summed E-state index contributed by atoms with van der Waals surface area (Å²) in [5.41, 5.74) is 0. The summed E-state index contributed by atoms with van der Waals surface area (Å²) >= 11 is 14.4. The van der Waals surface area contributed by atoms with E-state index in [1.807, 2.05) is 25.9 Å². The highest BCUT2D eigenvalue weighted by Crippen LogP contribution is 2.32. The second-order valence-electron chi connectivity index (χ2n) is 5.63. The molecule has 0 aliphatic heterocycles. The number of hydrogen-bond donors (Lipinski definition) is 1. The van der Waals surface area contributed by atoms with Crippen molar-refractivity contribution in [1.82, 2.24) is 15.1 Å². The molecule has 0 saturated carbocycles. The molecule has 5 nitrogen and oxygen atoms in total. The number of nitrogens with one attached hydrogen (secondary N) is 1. The van der Waals surface area contributed by atoms with Gasteiger partial charge in [-0.05, 0) is 33.2 Å². The Bertz CT molecular complexity index is 512. The maximum Gasteiger partial charge on any atom is 0.317 e. The molecule has 24 heavy (non-hydrogen) atoms. The van der Waals surface area contributed by atoms with E-state index in [-0.39, 0.29) is 12.1 Å². The van der Waals surface area contributed by atoms with E-state index in [9.17, 15) is 4.79 Å². The lowest BCUT2D eigenvalue weighted by Crippen LogP contribution is -2.48. The summed E-state index contributed by atoms with van der Waals surface area (Å²) in [6.07, 6.45) is 0. The fourth-order valence-corrected chi connectivity index (χ4v) is 2.94. The summed E-state index contributed by atoms with van der Waals surface area (Å²) in [6, 6.07) is 5.23. The Morgan fingerprint density at radius 3 is 2.46 bits per heavy atom. The van der Waals surface area contributed by atoms with Crippen LogP contribution in [0.3, 0.4) is 0 Å². The van der Waals surface area contributed by atoms with Gasteiger partial charge in [0.25, 0.3) is 0 Å². The van der Waals surface area contributed by atoms with Gasteiger partial charge in [-0.15, -0.1) is 0 Å². The van der Waals surface area contributed by atoms with Crippen LogP contribution in [0.1, 0.15) is 6.92 Å². The van der Waals surface area contributed by atoms with Gasteiger partial charge in [0.05, 0.1) is 16.6 Å². The Kier molecular flexibility index (Phi) is 10.1. The van der Waals surface area contributed by atoms with Gasteiger partial charge < -0.3 is 19.9 Å². The van der Waals surface area contributed by atoms with Crippen LogP contribution in [-0.2, 0) is 0 Å². The zero-order chi connectivity index (χ0) is 18.1. The molecule has 0 saturated heterocycles. The first-order chi connectivity index (χ1) is 11.4. The molecule has 0 radical (unpaired) electrons. The number of rotatable bonds is 9. The third kappa shape index (κ3) is 7.21. The van der Waals surface area contributed by atoms with Crippen molar-refractivity contribution in [1.29, 1.82) is 0 Å². The van der Waals surface area contributed by atoms with Gasteiger partial charge in [-0.25, -0.2) is 4.79 Å². The SMILES string of the molecule is CC(CI)N(CCOc1c(Cl)cccc1Cl)C(=O)NCCN(C)C. The Balaban J connectivity index is 2.58. The Morgan fingerprint density at radius 2 is 1.92 bits per heavy atom. The molecule has 0 heterocycles. The molecule has 1 aromatic carbocycles. The number of halogens is 3. The molecular weight excluding hydrogens is 464 g/mol. The van der Waals surface area contributed by atoms with E-state index in [2.05, 4.69) is 27.9 Å². The second kappa shape index (κ2) is 11.2. The number of para-hydroxylation sites is 1. The average Bonchev–Trinajstić information content (AvgIpc) is 2.52. The van der Waals surface area contributed by atoms with E-state index in [0.717, 1.165) is 11.0 Å². The molecule has 0 aliphatic rings. The van der Waals surface area contributed by atoms with Crippen LogP contribution in [0, 0.1) is 0 Å². The smallest absolute Gasteiger partial charge is 0.317 e. The van der Waals surface area contributed by atoms with E-state index in [1.54, 1.807) is 23.1 Å². The van der Waals surface area contributed by atoms with Crippen molar-refractivity contribution in [2.45, 2.75) is 13.0 Å². The normalized spacial score (nSPS) is 12.1. The Labute approximate surface area is 167 Å². The highest BCUT2D eigenvalue weighted by molar-refractivity contribution is 14.1. The predicted molar refractivity (Wildman–Crippen MR) is 109 cm³/mol. The molecule has 0 fully saturated rings. The molecule has 1 atom stereocenters. The number of amides is 2. The van der Waals surface area contributed by atoms with Crippen LogP contribution in [0.25, 0.3) is 0 Å². The topological polar surface area (TPSA) is 44.8 Å². The first-order valence-electron chi connectivity index (χ1n) is 7.68. The van der Waals surface area contributed by atoms with Gasteiger partial charge in [0, 0.05) is 23.6 Å². The maximum atomic E-state index is 12.4. The van der Waals surface area contributed by atoms with Crippen LogP contribution in [0.15, 0.2) is 18.2 Å². The average molecular weight is 488 g/mol. The molecular formula is C16H24Cl2IN3O2. The molecule has 136 valence electrons. The molecule has 0 spiro atoms. The fourth-order valence-electron chi connectivity index (χ4n) is 1.96. The van der Waals surface area contributed by atoms with Crippen molar-refractivity contribution >= 4 is 51.8 Å². The van der Waals surface area contributed by atoms with Gasteiger partial charge in [0.1, 0.15) is 6.61 Å². The third-order valence-electron chi connectivity index (χ3n) is 3.35. The summed E-state index contributed by atoms with van der Waals surface area (Å²) < 4.78 is 6.53. The molecule has 8 heteroatoms. The van der Waals surface area contributed by atoms with Gasteiger partial charge in [0.15, 0.2) is 5.75 Å². The highest BCUT2D eigenvalue weighted by atomic mass is 127. The number of likely N-dealkylation sites (N-methyl/N-ethyl adjacent to an activating group) is 1. The summed E-state index contributed by atoms with van der Waals surface area (Å²) in [7, 11) is 3.94. The largest absolute Gasteiger partial charge is 0.489 e. The van der Waals surface area contributed by atoms with Crippen molar-refractivity contribution in [3.63, 3.8) is 0 Å². The molecule has 1 N–H and O–H groups in total. The summed E-state index contributed by atoms with van der Waals surface area (Å²) in [4.78, 5) is 16.2. The molecule has 2 amide bonds. The van der Waals surface area contributed by atoms with Gasteiger partial charge in [-0.3, -0.25) is 0 Å². The van der Waals surface area contributed by atoms with Gasteiger partial charge >= 0.3 is 6.03 Å². The molecule has 0 aliphatic carbocycles. The third-order valence-corrected chi connectivity index (χ3v) is 5.22. The standard InChI is InChI=1S/C16H24Cl2IN3O2/c1-12(11-19)22(16(23)20-7-8-21(2)3)9-10-24-15-13(17)5-4-6-14(15)18/h4-6,12H,7-11H2,1-3H3,(H,20,23). The number of carbonyl (C=O) groups excluding carboxylic acids is 1. The molecule has 1 aromatic rings. The van der Waals surface area contributed by atoms with E-state index >= 15 is 0 Å². The summed E-state index contributed by atoms with van der Waals surface area (Å²) in [6.45, 7) is 4.20. The van der Waals surface area contributed by atoms with Crippen molar-refractivity contribution in [3.05, 3.63) is 28.2 Å². The minimum absolute atomic E-state index is 0.0881. The summed E-state index contributed by atoms with van der Waals surface area (Å²) in [5.74, 6) is 0.455.